The van der Waals surface area contributed by atoms with Crippen LogP contribution >= 0.6 is 0 Å². The summed E-state index contributed by atoms with van der Waals surface area (Å²) in [6, 6.07) is 4.45. The van der Waals surface area contributed by atoms with Crippen molar-refractivity contribution in [3.63, 3.8) is 0 Å². The molecule has 0 bridgehead atoms. The first-order valence-corrected chi connectivity index (χ1v) is 6.96. The van der Waals surface area contributed by atoms with E-state index in [0.717, 1.165) is 0 Å². The summed E-state index contributed by atoms with van der Waals surface area (Å²) in [6.07, 6.45) is 0.229. The molecule has 0 spiro atoms. The van der Waals surface area contributed by atoms with E-state index in [1.807, 2.05) is 0 Å². The molecule has 0 unspecified atom stereocenters. The molecule has 2 rings (SSSR count). The average Bonchev–Trinajstić information content (AvgIpc) is 2.46. The number of aromatic amines is 1. The first kappa shape index (κ1) is 16.5. The Balaban J connectivity index is 2.74. The SMILES string of the molecule is CCc1c(-c2ccc(N(C)C)cc2F)[nH]c(=O)c(C(=O)O)c1O. The molecule has 122 valence electrons. The van der Waals surface area contributed by atoms with Crippen molar-refractivity contribution >= 4 is 11.7 Å². The number of aromatic carboxylic acids is 1. The molecule has 0 atom stereocenters. The molecular weight excluding hydrogens is 303 g/mol. The number of carboxylic acid groups (broad SMARTS) is 1. The summed E-state index contributed by atoms with van der Waals surface area (Å²) in [5.41, 5.74) is -0.717. The van der Waals surface area contributed by atoms with E-state index in [1.165, 1.54) is 12.1 Å². The molecule has 0 aliphatic heterocycles. The van der Waals surface area contributed by atoms with Crippen LogP contribution in [-0.2, 0) is 6.42 Å². The van der Waals surface area contributed by atoms with Crippen molar-refractivity contribution in [2.45, 2.75) is 13.3 Å². The van der Waals surface area contributed by atoms with Crippen LogP contribution in [0.3, 0.4) is 0 Å². The van der Waals surface area contributed by atoms with Gasteiger partial charge in [-0.25, -0.2) is 9.18 Å². The normalized spacial score (nSPS) is 10.6. The summed E-state index contributed by atoms with van der Waals surface area (Å²) in [7, 11) is 3.53. The summed E-state index contributed by atoms with van der Waals surface area (Å²) >= 11 is 0. The Morgan fingerprint density at radius 1 is 1.35 bits per heavy atom. The zero-order chi connectivity index (χ0) is 17.3. The lowest BCUT2D eigenvalue weighted by molar-refractivity contribution is 0.0691. The molecule has 0 amide bonds. The Bertz CT molecular complexity index is 828. The van der Waals surface area contributed by atoms with Crippen molar-refractivity contribution < 1.29 is 19.4 Å². The maximum Gasteiger partial charge on any atom is 0.345 e. The second-order valence-corrected chi connectivity index (χ2v) is 5.25. The van der Waals surface area contributed by atoms with Crippen LogP contribution < -0.4 is 10.5 Å². The molecule has 0 saturated carbocycles. The lowest BCUT2D eigenvalue weighted by atomic mass is 10.00. The number of carbonyl (C=O) groups is 1. The van der Waals surface area contributed by atoms with Gasteiger partial charge in [-0.05, 0) is 24.6 Å². The molecule has 7 heteroatoms. The Kier molecular flexibility index (Phi) is 4.40. The molecule has 1 aromatic heterocycles. The minimum Gasteiger partial charge on any atom is -0.506 e. The van der Waals surface area contributed by atoms with Crippen LogP contribution in [0.5, 0.6) is 5.75 Å². The van der Waals surface area contributed by atoms with Crippen LogP contribution in [0.2, 0.25) is 0 Å². The van der Waals surface area contributed by atoms with Crippen molar-refractivity contribution in [3.8, 4) is 17.0 Å². The number of hydrogen-bond acceptors (Lipinski definition) is 4. The van der Waals surface area contributed by atoms with Gasteiger partial charge in [0.2, 0.25) is 0 Å². The van der Waals surface area contributed by atoms with Gasteiger partial charge >= 0.3 is 5.97 Å². The standard InChI is InChI=1S/C16H17FN2O4/c1-4-9-13(18-15(21)12(14(9)20)16(22)23)10-6-5-8(19(2)3)7-11(10)17/h5-7H,4H2,1-3H3,(H,22,23)(H2,18,20,21). The Morgan fingerprint density at radius 3 is 2.48 bits per heavy atom. The number of nitrogens with one attached hydrogen (secondary N) is 1. The summed E-state index contributed by atoms with van der Waals surface area (Å²) in [5.74, 6) is -2.74. The van der Waals surface area contributed by atoms with E-state index in [4.69, 9.17) is 5.11 Å². The number of aromatic nitrogens is 1. The highest BCUT2D eigenvalue weighted by Gasteiger charge is 2.23. The first-order chi connectivity index (χ1) is 10.8. The van der Waals surface area contributed by atoms with E-state index in [0.29, 0.717) is 5.69 Å². The number of pyridine rings is 1. The second kappa shape index (κ2) is 6.12. The number of H-pyrrole nitrogens is 1. The smallest absolute Gasteiger partial charge is 0.345 e. The van der Waals surface area contributed by atoms with Gasteiger partial charge in [-0.15, -0.1) is 0 Å². The van der Waals surface area contributed by atoms with Crippen molar-refractivity contribution in [2.75, 3.05) is 19.0 Å². The minimum atomic E-state index is -1.53. The molecule has 0 radical (unpaired) electrons. The quantitative estimate of drug-likeness (QED) is 0.803. The molecule has 1 heterocycles. The number of anilines is 1. The maximum absolute atomic E-state index is 14.4. The third-order valence-corrected chi connectivity index (χ3v) is 3.60. The minimum absolute atomic E-state index is 0.0859. The largest absolute Gasteiger partial charge is 0.506 e. The van der Waals surface area contributed by atoms with Gasteiger partial charge in [-0.3, -0.25) is 4.79 Å². The Morgan fingerprint density at radius 2 is 2.00 bits per heavy atom. The van der Waals surface area contributed by atoms with Gasteiger partial charge in [0.1, 0.15) is 11.6 Å². The zero-order valence-electron chi connectivity index (χ0n) is 13.0. The first-order valence-electron chi connectivity index (χ1n) is 6.96. The predicted octanol–water partition coefficient (Wildman–Crippen LogP) is 2.21. The molecule has 6 nitrogen and oxygen atoms in total. The number of halogens is 1. The third kappa shape index (κ3) is 2.90. The van der Waals surface area contributed by atoms with Crippen LogP contribution in [0.4, 0.5) is 10.1 Å². The molecular formula is C16H17FN2O4. The fraction of sp³-hybridized carbons (Fsp3) is 0.250. The van der Waals surface area contributed by atoms with Gasteiger partial charge in [0.05, 0.1) is 5.69 Å². The highest BCUT2D eigenvalue weighted by Crippen LogP contribution is 2.32. The van der Waals surface area contributed by atoms with Crippen LogP contribution in [0, 0.1) is 5.82 Å². The Hall–Kier alpha value is -2.83. The van der Waals surface area contributed by atoms with E-state index in [2.05, 4.69) is 4.98 Å². The molecule has 1 aromatic carbocycles. The highest BCUT2D eigenvalue weighted by molar-refractivity contribution is 5.92. The summed E-state index contributed by atoms with van der Waals surface area (Å²) in [6.45, 7) is 1.68. The highest BCUT2D eigenvalue weighted by atomic mass is 19.1. The molecule has 0 aliphatic rings. The molecule has 3 N–H and O–H groups in total. The lowest BCUT2D eigenvalue weighted by Crippen LogP contribution is -2.20. The monoisotopic (exact) mass is 320 g/mol. The lowest BCUT2D eigenvalue weighted by Gasteiger charge is -2.16. The van der Waals surface area contributed by atoms with E-state index in [1.54, 1.807) is 32.0 Å². The van der Waals surface area contributed by atoms with Crippen molar-refractivity contribution in [2.24, 2.45) is 0 Å². The number of carboxylic acids is 1. The number of benzene rings is 1. The predicted molar refractivity (Wildman–Crippen MR) is 84.8 cm³/mol. The van der Waals surface area contributed by atoms with Crippen LogP contribution in [-0.4, -0.2) is 35.3 Å². The average molecular weight is 320 g/mol. The van der Waals surface area contributed by atoms with Gasteiger partial charge in [-0.2, -0.15) is 0 Å². The Labute approximate surface area is 131 Å². The van der Waals surface area contributed by atoms with Crippen LogP contribution in [0.15, 0.2) is 23.0 Å². The summed E-state index contributed by atoms with van der Waals surface area (Å²) in [4.78, 5) is 27.1. The number of aromatic hydroxyl groups is 1. The molecule has 23 heavy (non-hydrogen) atoms. The molecule has 0 aliphatic carbocycles. The van der Waals surface area contributed by atoms with Gasteiger partial charge in [0, 0.05) is 30.9 Å². The van der Waals surface area contributed by atoms with E-state index in [9.17, 15) is 19.1 Å². The van der Waals surface area contributed by atoms with E-state index >= 15 is 0 Å². The van der Waals surface area contributed by atoms with Crippen molar-refractivity contribution in [1.82, 2.24) is 4.98 Å². The summed E-state index contributed by atoms with van der Waals surface area (Å²) < 4.78 is 14.4. The second-order valence-electron chi connectivity index (χ2n) is 5.25. The maximum atomic E-state index is 14.4. The molecule has 0 saturated heterocycles. The topological polar surface area (TPSA) is 93.6 Å². The van der Waals surface area contributed by atoms with Crippen LogP contribution in [0.25, 0.3) is 11.3 Å². The van der Waals surface area contributed by atoms with Gasteiger partial charge in [0.15, 0.2) is 5.56 Å². The van der Waals surface area contributed by atoms with Crippen molar-refractivity contribution in [3.05, 3.63) is 45.5 Å². The summed E-state index contributed by atoms with van der Waals surface area (Å²) in [5, 5.41) is 19.1. The molecule has 0 fully saturated rings. The van der Waals surface area contributed by atoms with E-state index in [-0.39, 0.29) is 23.2 Å². The number of nitrogens with zero attached hydrogens (tertiary/aromatic N) is 1. The van der Waals surface area contributed by atoms with Gasteiger partial charge < -0.3 is 20.1 Å². The molecule has 2 aromatic rings. The fourth-order valence-electron chi connectivity index (χ4n) is 2.39. The van der Waals surface area contributed by atoms with Crippen LogP contribution in [0.1, 0.15) is 22.8 Å². The zero-order valence-corrected chi connectivity index (χ0v) is 13.0. The number of hydrogen-bond donors (Lipinski definition) is 3. The third-order valence-electron chi connectivity index (χ3n) is 3.60. The number of rotatable bonds is 4. The van der Waals surface area contributed by atoms with E-state index < -0.39 is 28.7 Å². The van der Waals surface area contributed by atoms with Gasteiger partial charge in [0.25, 0.3) is 5.56 Å². The fourth-order valence-corrected chi connectivity index (χ4v) is 2.39. The van der Waals surface area contributed by atoms with Gasteiger partial charge in [-0.1, -0.05) is 6.92 Å². The van der Waals surface area contributed by atoms with Crippen molar-refractivity contribution in [1.29, 1.82) is 0 Å².